The van der Waals surface area contributed by atoms with Crippen LogP contribution in [-0.4, -0.2) is 27.6 Å². The van der Waals surface area contributed by atoms with Crippen LogP contribution < -0.4 is 9.47 Å². The fourth-order valence-electron chi connectivity index (χ4n) is 3.68. The highest BCUT2D eigenvalue weighted by molar-refractivity contribution is 9.10. The standard InChI is InChI=1S/C27H20BrN3O6S/c1-2-36-23-11-20(22(28)13-24(23)37-16-17-6-5-9-21(10-17)31(34)35)12-25-26(32)30(27(33)38-25)15-19-8-4-3-7-18(19)14-29/h3-13H,2,15-16H2,1H3/b25-12+. The number of carbonyl (C=O) groups excluding carboxylic acids is 2. The third-order valence-electron chi connectivity index (χ3n) is 5.51. The average Bonchev–Trinajstić information content (AvgIpc) is 3.17. The van der Waals surface area contributed by atoms with E-state index in [0.717, 1.165) is 16.7 Å². The molecule has 1 fully saturated rings. The van der Waals surface area contributed by atoms with E-state index in [-0.39, 0.29) is 23.7 Å². The van der Waals surface area contributed by atoms with Gasteiger partial charge in [-0.2, -0.15) is 5.26 Å². The zero-order chi connectivity index (χ0) is 27.2. The third-order valence-corrected chi connectivity index (χ3v) is 7.10. The highest BCUT2D eigenvalue weighted by Gasteiger charge is 2.35. The summed E-state index contributed by atoms with van der Waals surface area (Å²) in [7, 11) is 0. The minimum absolute atomic E-state index is 0.00152. The van der Waals surface area contributed by atoms with Gasteiger partial charge in [0, 0.05) is 16.6 Å². The van der Waals surface area contributed by atoms with Crippen molar-refractivity contribution in [3.05, 3.63) is 102 Å². The number of nitriles is 1. The monoisotopic (exact) mass is 593 g/mol. The molecule has 0 aliphatic carbocycles. The van der Waals surface area contributed by atoms with Crippen molar-refractivity contribution in [1.82, 2.24) is 4.90 Å². The molecule has 1 aliphatic rings. The Bertz CT molecular complexity index is 1500. The first-order valence-corrected chi connectivity index (χ1v) is 13.0. The maximum atomic E-state index is 13.1. The topological polar surface area (TPSA) is 123 Å². The molecule has 0 radical (unpaired) electrons. The van der Waals surface area contributed by atoms with E-state index in [1.165, 1.54) is 12.1 Å². The molecule has 0 spiro atoms. The first-order valence-electron chi connectivity index (χ1n) is 11.4. The number of halogens is 1. The zero-order valence-corrected chi connectivity index (χ0v) is 22.5. The molecule has 192 valence electrons. The van der Waals surface area contributed by atoms with Gasteiger partial charge in [0.05, 0.1) is 34.6 Å². The number of rotatable bonds is 9. The van der Waals surface area contributed by atoms with Gasteiger partial charge in [0.15, 0.2) is 11.5 Å². The van der Waals surface area contributed by atoms with Crippen molar-refractivity contribution >= 4 is 50.6 Å². The van der Waals surface area contributed by atoms with Crippen molar-refractivity contribution in [2.75, 3.05) is 6.61 Å². The van der Waals surface area contributed by atoms with E-state index in [2.05, 4.69) is 22.0 Å². The number of amides is 2. The summed E-state index contributed by atoms with van der Waals surface area (Å²) < 4.78 is 12.2. The smallest absolute Gasteiger partial charge is 0.293 e. The first-order chi connectivity index (χ1) is 18.3. The van der Waals surface area contributed by atoms with Gasteiger partial charge in [-0.3, -0.25) is 24.6 Å². The quantitative estimate of drug-likeness (QED) is 0.158. The number of nitro benzene ring substituents is 1. The lowest BCUT2D eigenvalue weighted by molar-refractivity contribution is -0.384. The zero-order valence-electron chi connectivity index (χ0n) is 20.0. The van der Waals surface area contributed by atoms with E-state index >= 15 is 0 Å². The lowest BCUT2D eigenvalue weighted by atomic mass is 10.1. The van der Waals surface area contributed by atoms with Crippen molar-refractivity contribution in [3.63, 3.8) is 0 Å². The molecule has 1 heterocycles. The predicted octanol–water partition coefficient (Wildman–Crippen LogP) is 6.44. The van der Waals surface area contributed by atoms with Gasteiger partial charge in [-0.1, -0.05) is 46.3 Å². The molecule has 4 rings (SSSR count). The summed E-state index contributed by atoms with van der Waals surface area (Å²) >= 11 is 4.32. The van der Waals surface area contributed by atoms with Crippen molar-refractivity contribution in [2.24, 2.45) is 0 Å². The van der Waals surface area contributed by atoms with Gasteiger partial charge in [0.25, 0.3) is 16.8 Å². The molecule has 38 heavy (non-hydrogen) atoms. The second kappa shape index (κ2) is 11.9. The number of thioether (sulfide) groups is 1. The summed E-state index contributed by atoms with van der Waals surface area (Å²) in [6.45, 7) is 2.25. The molecule has 3 aromatic rings. The SMILES string of the molecule is CCOc1cc(/C=C2/SC(=O)N(Cc3ccccc3C#N)C2=O)c(Br)cc1OCc1cccc([N+](=O)[O-])c1. The fraction of sp³-hybridized carbons (Fsp3) is 0.148. The molecule has 1 aliphatic heterocycles. The maximum Gasteiger partial charge on any atom is 0.293 e. The molecular weight excluding hydrogens is 574 g/mol. The van der Waals surface area contributed by atoms with E-state index in [1.54, 1.807) is 54.6 Å². The lowest BCUT2D eigenvalue weighted by Crippen LogP contribution is -2.27. The minimum atomic E-state index is -0.468. The van der Waals surface area contributed by atoms with E-state index in [0.29, 0.717) is 44.8 Å². The summed E-state index contributed by atoms with van der Waals surface area (Å²) in [6, 6.07) is 18.4. The van der Waals surface area contributed by atoms with E-state index < -0.39 is 16.1 Å². The number of benzene rings is 3. The number of imide groups is 1. The number of hydrogen-bond donors (Lipinski definition) is 0. The van der Waals surface area contributed by atoms with Gasteiger partial charge in [-0.25, -0.2) is 0 Å². The number of nitro groups is 1. The van der Waals surface area contributed by atoms with Gasteiger partial charge >= 0.3 is 0 Å². The second-order valence-corrected chi connectivity index (χ2v) is 9.85. The highest BCUT2D eigenvalue weighted by atomic mass is 79.9. The van der Waals surface area contributed by atoms with Gasteiger partial charge in [-0.15, -0.1) is 0 Å². The molecule has 3 aromatic carbocycles. The van der Waals surface area contributed by atoms with E-state index in [4.69, 9.17) is 9.47 Å². The van der Waals surface area contributed by atoms with Crippen molar-refractivity contribution < 1.29 is 24.0 Å². The van der Waals surface area contributed by atoms with Gasteiger partial charge in [0.1, 0.15) is 6.61 Å². The van der Waals surface area contributed by atoms with Gasteiger partial charge < -0.3 is 9.47 Å². The Labute approximate surface area is 230 Å². The third kappa shape index (κ3) is 6.04. The molecule has 0 bridgehead atoms. The lowest BCUT2D eigenvalue weighted by Gasteiger charge is -2.14. The number of nitrogens with zero attached hydrogens (tertiary/aromatic N) is 3. The highest BCUT2D eigenvalue weighted by Crippen LogP contribution is 2.39. The van der Waals surface area contributed by atoms with E-state index in [1.807, 2.05) is 6.92 Å². The first kappa shape index (κ1) is 26.9. The van der Waals surface area contributed by atoms with Crippen LogP contribution in [0, 0.1) is 21.4 Å². The van der Waals surface area contributed by atoms with Crippen molar-refractivity contribution in [1.29, 1.82) is 5.26 Å². The van der Waals surface area contributed by atoms with Crippen LogP contribution >= 0.6 is 27.7 Å². The van der Waals surface area contributed by atoms with Crippen LogP contribution in [0.5, 0.6) is 11.5 Å². The van der Waals surface area contributed by atoms with Crippen LogP contribution in [0.2, 0.25) is 0 Å². The van der Waals surface area contributed by atoms with Crippen LogP contribution in [0.1, 0.15) is 29.2 Å². The Balaban J connectivity index is 1.56. The largest absolute Gasteiger partial charge is 0.490 e. The Kier molecular flexibility index (Phi) is 8.45. The van der Waals surface area contributed by atoms with Crippen LogP contribution in [0.3, 0.4) is 0 Å². The molecule has 9 nitrogen and oxygen atoms in total. The summed E-state index contributed by atoms with van der Waals surface area (Å²) in [5.41, 5.74) is 2.18. The molecule has 2 amide bonds. The Morgan fingerprint density at radius 3 is 2.61 bits per heavy atom. The molecular formula is C27H20BrN3O6S. The predicted molar refractivity (Wildman–Crippen MR) is 145 cm³/mol. The number of non-ortho nitro benzene ring substituents is 1. The van der Waals surface area contributed by atoms with Crippen LogP contribution in [-0.2, 0) is 17.9 Å². The molecule has 11 heteroatoms. The maximum absolute atomic E-state index is 13.1. The Morgan fingerprint density at radius 1 is 1.11 bits per heavy atom. The normalized spacial score (nSPS) is 14.0. The summed E-state index contributed by atoms with van der Waals surface area (Å²) in [5.74, 6) is 0.363. The minimum Gasteiger partial charge on any atom is -0.490 e. The Morgan fingerprint density at radius 2 is 1.87 bits per heavy atom. The summed E-state index contributed by atoms with van der Waals surface area (Å²) in [6.07, 6.45) is 1.60. The molecule has 0 aromatic heterocycles. The molecule has 0 unspecified atom stereocenters. The average molecular weight is 594 g/mol. The number of hydrogen-bond acceptors (Lipinski definition) is 8. The Hall–Kier alpha value is -4.14. The number of carbonyl (C=O) groups is 2. The van der Waals surface area contributed by atoms with Gasteiger partial charge in [0.2, 0.25) is 0 Å². The molecule has 1 saturated heterocycles. The van der Waals surface area contributed by atoms with Crippen molar-refractivity contribution in [2.45, 2.75) is 20.1 Å². The molecule has 0 atom stereocenters. The summed E-state index contributed by atoms with van der Waals surface area (Å²) in [5, 5.41) is 19.9. The van der Waals surface area contributed by atoms with Gasteiger partial charge in [-0.05, 0) is 59.7 Å². The fourth-order valence-corrected chi connectivity index (χ4v) is 4.94. The van der Waals surface area contributed by atoms with Crippen LogP contribution in [0.25, 0.3) is 6.08 Å². The molecule has 0 N–H and O–H groups in total. The summed E-state index contributed by atoms with van der Waals surface area (Å²) in [4.78, 5) is 37.6. The van der Waals surface area contributed by atoms with Crippen LogP contribution in [0.4, 0.5) is 10.5 Å². The van der Waals surface area contributed by atoms with E-state index in [9.17, 15) is 25.0 Å². The second-order valence-electron chi connectivity index (χ2n) is 8.01. The number of ether oxygens (including phenoxy) is 2. The van der Waals surface area contributed by atoms with Crippen LogP contribution in [0.15, 0.2) is 70.0 Å². The molecule has 0 saturated carbocycles. The van der Waals surface area contributed by atoms with Crippen molar-refractivity contribution in [3.8, 4) is 17.6 Å².